The van der Waals surface area contributed by atoms with Gasteiger partial charge in [0.2, 0.25) is 5.91 Å². The van der Waals surface area contributed by atoms with Gasteiger partial charge in [0.15, 0.2) is 0 Å². The molecule has 2 saturated heterocycles. The molecular formula is C20H31N3O2. The first-order chi connectivity index (χ1) is 12.1. The van der Waals surface area contributed by atoms with Gasteiger partial charge in [0, 0.05) is 32.7 Å². The van der Waals surface area contributed by atoms with Crippen LogP contribution in [0, 0.1) is 5.92 Å². The molecule has 5 nitrogen and oxygen atoms in total. The third-order valence-corrected chi connectivity index (χ3v) is 5.52. The number of nitrogens with zero attached hydrogens (tertiary/aromatic N) is 2. The van der Waals surface area contributed by atoms with Gasteiger partial charge in [0.05, 0.1) is 12.0 Å². The maximum absolute atomic E-state index is 12.5. The Morgan fingerprint density at radius 1 is 1.16 bits per heavy atom. The van der Waals surface area contributed by atoms with Crippen molar-refractivity contribution < 1.29 is 9.90 Å². The van der Waals surface area contributed by atoms with Gasteiger partial charge in [-0.25, -0.2) is 0 Å². The van der Waals surface area contributed by atoms with E-state index in [-0.39, 0.29) is 17.9 Å². The van der Waals surface area contributed by atoms with Crippen LogP contribution in [0.2, 0.25) is 0 Å². The topological polar surface area (TPSA) is 55.8 Å². The molecule has 0 radical (unpaired) electrons. The first-order valence-electron chi connectivity index (χ1n) is 9.55. The van der Waals surface area contributed by atoms with E-state index in [0.29, 0.717) is 6.54 Å². The third kappa shape index (κ3) is 5.27. The zero-order valence-corrected chi connectivity index (χ0v) is 15.3. The van der Waals surface area contributed by atoms with Crippen LogP contribution in [0.3, 0.4) is 0 Å². The quantitative estimate of drug-likeness (QED) is 0.851. The van der Waals surface area contributed by atoms with E-state index in [0.717, 1.165) is 58.4 Å². The lowest BCUT2D eigenvalue weighted by molar-refractivity contribution is -0.126. The summed E-state index contributed by atoms with van der Waals surface area (Å²) >= 11 is 0. The molecule has 3 rings (SSSR count). The van der Waals surface area contributed by atoms with Crippen LogP contribution in [-0.2, 0) is 17.9 Å². The Morgan fingerprint density at radius 3 is 2.60 bits per heavy atom. The van der Waals surface area contributed by atoms with E-state index in [9.17, 15) is 9.90 Å². The minimum absolute atomic E-state index is 0.120. The molecule has 2 aliphatic rings. The fourth-order valence-electron chi connectivity index (χ4n) is 3.91. The summed E-state index contributed by atoms with van der Waals surface area (Å²) in [5, 5.41) is 12.8. The van der Waals surface area contributed by atoms with Gasteiger partial charge < -0.3 is 15.3 Å². The highest BCUT2D eigenvalue weighted by atomic mass is 16.3. The molecule has 0 spiro atoms. The molecule has 2 heterocycles. The number of nitrogens with one attached hydrogen (secondary N) is 1. The number of piperidine rings is 2. The largest absolute Gasteiger partial charge is 0.393 e. The Balaban J connectivity index is 1.54. The maximum atomic E-state index is 12.5. The fourth-order valence-corrected chi connectivity index (χ4v) is 3.91. The molecule has 2 aliphatic heterocycles. The van der Waals surface area contributed by atoms with Gasteiger partial charge in [0.25, 0.3) is 0 Å². The van der Waals surface area contributed by atoms with Crippen LogP contribution in [0.15, 0.2) is 24.3 Å². The van der Waals surface area contributed by atoms with Gasteiger partial charge in [-0.05, 0) is 50.4 Å². The second-order valence-electron chi connectivity index (χ2n) is 7.60. The van der Waals surface area contributed by atoms with Crippen molar-refractivity contribution in [2.45, 2.75) is 44.9 Å². The van der Waals surface area contributed by atoms with Gasteiger partial charge in [-0.3, -0.25) is 9.69 Å². The second-order valence-corrected chi connectivity index (χ2v) is 7.60. The number of hydrogen-bond donors (Lipinski definition) is 2. The van der Waals surface area contributed by atoms with E-state index in [1.165, 1.54) is 11.1 Å². The summed E-state index contributed by atoms with van der Waals surface area (Å²) in [5.74, 6) is 0.303. The van der Waals surface area contributed by atoms with E-state index in [1.54, 1.807) is 0 Å². The van der Waals surface area contributed by atoms with Crippen molar-refractivity contribution in [2.75, 3.05) is 33.2 Å². The number of benzene rings is 1. The Kier molecular flexibility index (Phi) is 6.45. The molecule has 1 aromatic rings. The summed E-state index contributed by atoms with van der Waals surface area (Å²) in [6, 6.07) is 8.37. The van der Waals surface area contributed by atoms with E-state index < -0.39 is 0 Å². The van der Waals surface area contributed by atoms with Crippen LogP contribution in [-0.4, -0.2) is 60.1 Å². The number of amides is 1. The van der Waals surface area contributed by atoms with E-state index in [2.05, 4.69) is 40.4 Å². The summed E-state index contributed by atoms with van der Waals surface area (Å²) in [7, 11) is 2.09. The molecule has 1 unspecified atom stereocenters. The van der Waals surface area contributed by atoms with Crippen LogP contribution in [0.4, 0.5) is 0 Å². The van der Waals surface area contributed by atoms with Crippen LogP contribution in [0.25, 0.3) is 0 Å². The maximum Gasteiger partial charge on any atom is 0.224 e. The molecular weight excluding hydrogens is 314 g/mol. The first kappa shape index (κ1) is 18.4. The predicted molar refractivity (Wildman–Crippen MR) is 99.0 cm³/mol. The molecule has 2 N–H and O–H groups in total. The highest BCUT2D eigenvalue weighted by Crippen LogP contribution is 2.18. The number of likely N-dealkylation sites (tertiary alicyclic amines) is 2. The van der Waals surface area contributed by atoms with E-state index in [4.69, 9.17) is 0 Å². The molecule has 25 heavy (non-hydrogen) atoms. The lowest BCUT2D eigenvalue weighted by atomic mass is 9.97. The molecule has 0 bridgehead atoms. The standard InChI is InChI=1S/C20H31N3O2/c1-22-10-4-7-18(14-22)20(25)21-13-16-5-2-3-6-17(16)15-23-11-8-19(24)9-12-23/h2-3,5-6,18-19,24H,4,7-15H2,1H3,(H,21,25). The Hall–Kier alpha value is -1.43. The van der Waals surface area contributed by atoms with Gasteiger partial charge in [-0.2, -0.15) is 0 Å². The Labute approximate surface area is 151 Å². The summed E-state index contributed by atoms with van der Waals surface area (Å²) in [5.41, 5.74) is 2.48. The highest BCUT2D eigenvalue weighted by Gasteiger charge is 2.24. The summed E-state index contributed by atoms with van der Waals surface area (Å²) < 4.78 is 0. The zero-order valence-electron chi connectivity index (χ0n) is 15.3. The number of hydrogen-bond acceptors (Lipinski definition) is 4. The summed E-state index contributed by atoms with van der Waals surface area (Å²) in [6.07, 6.45) is 3.67. The van der Waals surface area contributed by atoms with Crippen molar-refractivity contribution in [3.8, 4) is 0 Å². The van der Waals surface area contributed by atoms with Crippen LogP contribution in [0.1, 0.15) is 36.8 Å². The molecule has 2 fully saturated rings. The molecule has 0 aliphatic carbocycles. The molecule has 138 valence electrons. The number of aliphatic hydroxyl groups excluding tert-OH is 1. The van der Waals surface area contributed by atoms with Crippen molar-refractivity contribution in [3.63, 3.8) is 0 Å². The minimum atomic E-state index is -0.139. The van der Waals surface area contributed by atoms with Gasteiger partial charge in [-0.15, -0.1) is 0 Å². The average Bonchev–Trinajstić information content (AvgIpc) is 2.62. The normalized spacial score (nSPS) is 23.5. The number of aliphatic hydroxyl groups is 1. The lowest BCUT2D eigenvalue weighted by Crippen LogP contribution is -2.41. The van der Waals surface area contributed by atoms with Gasteiger partial charge >= 0.3 is 0 Å². The van der Waals surface area contributed by atoms with Gasteiger partial charge in [0.1, 0.15) is 0 Å². The third-order valence-electron chi connectivity index (χ3n) is 5.52. The van der Waals surface area contributed by atoms with Gasteiger partial charge in [-0.1, -0.05) is 24.3 Å². The molecule has 1 atom stereocenters. The lowest BCUT2D eigenvalue weighted by Gasteiger charge is -2.30. The Morgan fingerprint density at radius 2 is 1.88 bits per heavy atom. The number of rotatable bonds is 5. The molecule has 1 aromatic carbocycles. The average molecular weight is 345 g/mol. The van der Waals surface area contributed by atoms with Crippen molar-refractivity contribution in [1.82, 2.24) is 15.1 Å². The SMILES string of the molecule is CN1CCCC(C(=O)NCc2ccccc2CN2CCC(O)CC2)C1. The van der Waals surface area contributed by atoms with Crippen molar-refractivity contribution in [1.29, 1.82) is 0 Å². The monoisotopic (exact) mass is 345 g/mol. The summed E-state index contributed by atoms with van der Waals surface area (Å²) in [4.78, 5) is 17.1. The Bertz CT molecular complexity index is 570. The summed E-state index contributed by atoms with van der Waals surface area (Å²) in [6.45, 7) is 5.34. The highest BCUT2D eigenvalue weighted by molar-refractivity contribution is 5.79. The second kappa shape index (κ2) is 8.79. The van der Waals surface area contributed by atoms with Crippen LogP contribution < -0.4 is 5.32 Å². The molecule has 0 saturated carbocycles. The zero-order chi connectivity index (χ0) is 17.6. The van der Waals surface area contributed by atoms with Crippen molar-refractivity contribution in [3.05, 3.63) is 35.4 Å². The van der Waals surface area contributed by atoms with E-state index >= 15 is 0 Å². The molecule has 1 amide bonds. The molecule has 5 heteroatoms. The minimum Gasteiger partial charge on any atom is -0.393 e. The van der Waals surface area contributed by atoms with Crippen LogP contribution >= 0.6 is 0 Å². The predicted octanol–water partition coefficient (Wildman–Crippen LogP) is 1.60. The van der Waals surface area contributed by atoms with E-state index in [1.807, 2.05) is 6.07 Å². The number of carbonyl (C=O) groups is 1. The van der Waals surface area contributed by atoms with Crippen molar-refractivity contribution in [2.24, 2.45) is 5.92 Å². The van der Waals surface area contributed by atoms with Crippen molar-refractivity contribution >= 4 is 5.91 Å². The smallest absolute Gasteiger partial charge is 0.224 e. The first-order valence-corrected chi connectivity index (χ1v) is 9.55. The molecule has 0 aromatic heterocycles. The fraction of sp³-hybridized carbons (Fsp3) is 0.650. The number of carbonyl (C=O) groups excluding carboxylic acids is 1. The van der Waals surface area contributed by atoms with Crippen LogP contribution in [0.5, 0.6) is 0 Å².